The molecule has 2 aromatic carbocycles. The van der Waals surface area contributed by atoms with E-state index < -0.39 is 5.41 Å². The van der Waals surface area contributed by atoms with Crippen molar-refractivity contribution in [2.45, 2.75) is 29.2 Å². The van der Waals surface area contributed by atoms with E-state index in [0.29, 0.717) is 9.99 Å². The first-order chi connectivity index (χ1) is 12.1. The Morgan fingerprint density at radius 2 is 1.84 bits per heavy atom. The topological polar surface area (TPSA) is 32.3 Å². The van der Waals surface area contributed by atoms with Gasteiger partial charge in [-0.3, -0.25) is 9.69 Å². The molecule has 2 heterocycles. The minimum Gasteiger partial charge on any atom is -0.325 e. The number of benzene rings is 2. The lowest BCUT2D eigenvalue weighted by Gasteiger charge is -2.38. The summed E-state index contributed by atoms with van der Waals surface area (Å²) in [5.74, 6) is -0.158. The average molecular weight is 450 g/mol. The number of likely N-dealkylation sites (tertiary alicyclic amines) is 1. The fourth-order valence-corrected chi connectivity index (χ4v) is 4.92. The monoisotopic (exact) mass is 450 g/mol. The Kier molecular flexibility index (Phi) is 4.54. The van der Waals surface area contributed by atoms with Crippen LogP contribution in [-0.2, 0) is 21.2 Å². The molecule has 3 nitrogen and oxygen atoms in total. The van der Waals surface area contributed by atoms with Crippen LogP contribution in [0.15, 0.2) is 42.5 Å². The van der Waals surface area contributed by atoms with Gasteiger partial charge in [-0.2, -0.15) is 0 Å². The number of fused-ring (bicyclic) bond motifs is 2. The highest BCUT2D eigenvalue weighted by molar-refractivity contribution is 14.1. The highest BCUT2D eigenvalue weighted by atomic mass is 127. The van der Waals surface area contributed by atoms with Crippen LogP contribution >= 0.6 is 22.6 Å². The second kappa shape index (κ2) is 6.68. The van der Waals surface area contributed by atoms with Crippen LogP contribution < -0.4 is 5.32 Å². The number of carbonyl (C=O) groups excluding carboxylic acids is 1. The van der Waals surface area contributed by atoms with Crippen molar-refractivity contribution in [1.82, 2.24) is 4.90 Å². The van der Waals surface area contributed by atoms with Crippen molar-refractivity contribution < 1.29 is 9.18 Å². The molecule has 4 rings (SSSR count). The van der Waals surface area contributed by atoms with E-state index in [9.17, 15) is 9.18 Å². The zero-order valence-corrected chi connectivity index (χ0v) is 16.1. The number of hydrogen-bond donors (Lipinski definition) is 1. The number of alkyl halides is 1. The summed E-state index contributed by atoms with van der Waals surface area (Å²) in [4.78, 5) is 15.2. The van der Waals surface area contributed by atoms with E-state index in [-0.39, 0.29) is 11.7 Å². The minimum atomic E-state index is -0.564. The molecule has 130 valence electrons. The maximum absolute atomic E-state index is 14.3. The number of carbonyl (C=O) groups is 1. The van der Waals surface area contributed by atoms with Gasteiger partial charge in [-0.05, 0) is 49.2 Å². The molecular weight excluding hydrogens is 430 g/mol. The third-order valence-electron chi connectivity index (χ3n) is 5.51. The molecule has 2 aliphatic rings. The van der Waals surface area contributed by atoms with Crippen LogP contribution in [0.25, 0.3) is 0 Å². The Morgan fingerprint density at radius 3 is 2.52 bits per heavy atom. The van der Waals surface area contributed by atoms with Gasteiger partial charge in [0.05, 0.1) is 5.41 Å². The molecule has 0 radical (unpaired) electrons. The van der Waals surface area contributed by atoms with E-state index in [1.54, 1.807) is 6.07 Å². The van der Waals surface area contributed by atoms with E-state index in [1.807, 2.05) is 6.07 Å². The molecule has 0 aliphatic carbocycles. The van der Waals surface area contributed by atoms with Crippen molar-refractivity contribution in [3.8, 4) is 0 Å². The number of hydrogen-bond acceptors (Lipinski definition) is 2. The van der Waals surface area contributed by atoms with Gasteiger partial charge in [-0.15, -0.1) is 0 Å². The van der Waals surface area contributed by atoms with Crippen LogP contribution in [0.1, 0.15) is 29.5 Å². The summed E-state index contributed by atoms with van der Waals surface area (Å²) in [5, 5.41) is 3.00. The van der Waals surface area contributed by atoms with Gasteiger partial charge in [0.1, 0.15) is 5.82 Å². The molecular formula is C20H20FIN2O. The predicted molar refractivity (Wildman–Crippen MR) is 105 cm³/mol. The molecule has 1 N–H and O–H groups in total. The van der Waals surface area contributed by atoms with Gasteiger partial charge in [0.25, 0.3) is 0 Å². The van der Waals surface area contributed by atoms with Crippen molar-refractivity contribution in [2.75, 3.05) is 18.4 Å². The lowest BCUT2D eigenvalue weighted by molar-refractivity contribution is -0.122. The largest absolute Gasteiger partial charge is 0.325 e. The van der Waals surface area contributed by atoms with Crippen LogP contribution in [0.3, 0.4) is 0 Å². The Labute approximate surface area is 160 Å². The van der Waals surface area contributed by atoms with Crippen LogP contribution in [-0.4, -0.2) is 23.9 Å². The summed E-state index contributed by atoms with van der Waals surface area (Å²) in [7, 11) is 0. The molecule has 1 saturated heterocycles. The summed E-state index contributed by atoms with van der Waals surface area (Å²) in [6.07, 6.45) is 1.48. The first-order valence-electron chi connectivity index (χ1n) is 8.59. The molecule has 1 fully saturated rings. The molecule has 1 spiro atoms. The first kappa shape index (κ1) is 17.0. The SMILES string of the molecule is O=C1Nc2ccc(F)c(CI)c2C12CCN(Cc1ccccc1)CC2. The molecule has 0 bridgehead atoms. The average Bonchev–Trinajstić information content (AvgIpc) is 2.90. The lowest BCUT2D eigenvalue weighted by Crippen LogP contribution is -2.46. The molecule has 0 aromatic heterocycles. The van der Waals surface area contributed by atoms with Gasteiger partial charge in [-0.25, -0.2) is 4.39 Å². The van der Waals surface area contributed by atoms with Crippen molar-refractivity contribution in [3.63, 3.8) is 0 Å². The normalized spacial score (nSPS) is 19.0. The highest BCUT2D eigenvalue weighted by Crippen LogP contribution is 2.47. The van der Waals surface area contributed by atoms with E-state index in [0.717, 1.165) is 43.7 Å². The van der Waals surface area contributed by atoms with Crippen molar-refractivity contribution in [2.24, 2.45) is 0 Å². The number of rotatable bonds is 3. The summed E-state index contributed by atoms with van der Waals surface area (Å²) < 4.78 is 14.9. The Hall–Kier alpha value is -1.47. The Morgan fingerprint density at radius 1 is 1.12 bits per heavy atom. The number of anilines is 1. The summed E-state index contributed by atoms with van der Waals surface area (Å²) >= 11 is 2.19. The fourth-order valence-electron chi connectivity index (χ4n) is 4.17. The Balaban J connectivity index is 1.59. The van der Waals surface area contributed by atoms with Crippen molar-refractivity contribution in [1.29, 1.82) is 0 Å². The molecule has 2 aromatic rings. The van der Waals surface area contributed by atoms with Gasteiger partial charge in [0.15, 0.2) is 0 Å². The second-order valence-corrected chi connectivity index (χ2v) is 7.64. The van der Waals surface area contributed by atoms with Gasteiger partial charge in [0, 0.05) is 22.2 Å². The van der Waals surface area contributed by atoms with Gasteiger partial charge in [0.2, 0.25) is 5.91 Å². The van der Waals surface area contributed by atoms with Crippen molar-refractivity contribution >= 4 is 34.2 Å². The molecule has 0 unspecified atom stereocenters. The summed E-state index contributed by atoms with van der Waals surface area (Å²) in [6, 6.07) is 13.6. The number of halogens is 2. The number of nitrogens with one attached hydrogen (secondary N) is 1. The van der Waals surface area contributed by atoms with Crippen molar-refractivity contribution in [3.05, 3.63) is 65.0 Å². The van der Waals surface area contributed by atoms with E-state index in [2.05, 4.69) is 57.1 Å². The second-order valence-electron chi connectivity index (χ2n) is 6.88. The standard InChI is InChI=1S/C20H20FIN2O/c21-16-6-7-17-18(15(16)12-22)20(19(25)23-17)8-10-24(11-9-20)13-14-4-2-1-3-5-14/h1-7H,8-13H2,(H,23,25). The lowest BCUT2D eigenvalue weighted by atomic mass is 9.72. The zero-order valence-electron chi connectivity index (χ0n) is 13.9. The predicted octanol–water partition coefficient (Wildman–Crippen LogP) is 4.25. The molecule has 1 amide bonds. The molecule has 0 saturated carbocycles. The van der Waals surface area contributed by atoms with E-state index in [4.69, 9.17) is 0 Å². The highest BCUT2D eigenvalue weighted by Gasteiger charge is 2.49. The smallest absolute Gasteiger partial charge is 0.235 e. The zero-order chi connectivity index (χ0) is 17.4. The quantitative estimate of drug-likeness (QED) is 0.561. The number of nitrogens with zero attached hydrogens (tertiary/aromatic N) is 1. The molecule has 2 aliphatic heterocycles. The number of piperidine rings is 1. The third-order valence-corrected chi connectivity index (χ3v) is 6.27. The molecule has 5 heteroatoms. The van der Waals surface area contributed by atoms with E-state index >= 15 is 0 Å². The molecule has 0 atom stereocenters. The number of amides is 1. The minimum absolute atomic E-state index is 0.0403. The maximum Gasteiger partial charge on any atom is 0.235 e. The van der Waals surface area contributed by atoms with Gasteiger partial charge >= 0.3 is 0 Å². The van der Waals surface area contributed by atoms with Crippen LogP contribution in [0.2, 0.25) is 0 Å². The van der Waals surface area contributed by atoms with Crippen LogP contribution in [0.4, 0.5) is 10.1 Å². The maximum atomic E-state index is 14.3. The molecule has 25 heavy (non-hydrogen) atoms. The van der Waals surface area contributed by atoms with Crippen LogP contribution in [0, 0.1) is 5.82 Å². The first-order valence-corrected chi connectivity index (χ1v) is 10.1. The fraction of sp³-hybridized carbons (Fsp3) is 0.350. The third kappa shape index (κ3) is 2.87. The van der Waals surface area contributed by atoms with Gasteiger partial charge < -0.3 is 5.32 Å². The summed E-state index contributed by atoms with van der Waals surface area (Å²) in [5.41, 5.74) is 3.12. The van der Waals surface area contributed by atoms with Gasteiger partial charge in [-0.1, -0.05) is 52.9 Å². The van der Waals surface area contributed by atoms with Crippen LogP contribution in [0.5, 0.6) is 0 Å². The van der Waals surface area contributed by atoms with E-state index in [1.165, 1.54) is 11.6 Å². The Bertz CT molecular complexity index is 801. The summed E-state index contributed by atoms with van der Waals surface area (Å²) in [6.45, 7) is 2.59.